The van der Waals surface area contributed by atoms with Crippen LogP contribution in [0.3, 0.4) is 0 Å². The molecule has 0 bridgehead atoms. The van der Waals surface area contributed by atoms with Gasteiger partial charge in [-0.25, -0.2) is 9.37 Å². The smallest absolute Gasteiger partial charge is 0.149 e. The summed E-state index contributed by atoms with van der Waals surface area (Å²) in [4.78, 5) is 4.37. The van der Waals surface area contributed by atoms with Crippen LogP contribution in [0, 0.1) is 11.7 Å². The number of rotatable bonds is 6. The Balaban J connectivity index is 1.51. The largest absolute Gasteiger partial charge is 0.488 e. The average Bonchev–Trinajstić information content (AvgIpc) is 3.47. The van der Waals surface area contributed by atoms with E-state index in [0.29, 0.717) is 23.6 Å². The van der Waals surface area contributed by atoms with Crippen molar-refractivity contribution in [2.24, 2.45) is 11.7 Å². The molecule has 5 nitrogen and oxygen atoms in total. The molecule has 0 radical (unpaired) electrons. The summed E-state index contributed by atoms with van der Waals surface area (Å²) in [7, 11) is 0. The highest BCUT2D eigenvalue weighted by molar-refractivity contribution is 5.69. The maximum absolute atomic E-state index is 13.7. The van der Waals surface area contributed by atoms with E-state index in [-0.39, 0.29) is 11.9 Å². The molecule has 25 heavy (non-hydrogen) atoms. The third kappa shape index (κ3) is 2.92. The Labute approximate surface area is 146 Å². The van der Waals surface area contributed by atoms with Crippen LogP contribution in [0.5, 0.6) is 5.75 Å². The van der Waals surface area contributed by atoms with Crippen molar-refractivity contribution in [1.29, 1.82) is 0 Å². The van der Waals surface area contributed by atoms with Crippen molar-refractivity contribution >= 4 is 0 Å². The van der Waals surface area contributed by atoms with Gasteiger partial charge in [0.05, 0.1) is 24.0 Å². The van der Waals surface area contributed by atoms with E-state index in [9.17, 15) is 4.39 Å². The van der Waals surface area contributed by atoms with Crippen LogP contribution in [0.4, 0.5) is 4.39 Å². The molecule has 0 spiro atoms. The van der Waals surface area contributed by atoms with E-state index in [0.717, 1.165) is 49.2 Å². The van der Waals surface area contributed by atoms with Gasteiger partial charge >= 0.3 is 0 Å². The zero-order chi connectivity index (χ0) is 17.0. The lowest BCUT2D eigenvalue weighted by Crippen LogP contribution is -2.32. The third-order valence-corrected chi connectivity index (χ3v) is 5.54. The second-order valence-corrected chi connectivity index (χ2v) is 7.73. The fourth-order valence-corrected chi connectivity index (χ4v) is 3.62. The molecule has 2 aromatic heterocycles. The number of hydrogen-bond acceptors (Lipinski definition) is 4. The molecule has 0 aromatic carbocycles. The van der Waals surface area contributed by atoms with Gasteiger partial charge in [-0.05, 0) is 51.0 Å². The van der Waals surface area contributed by atoms with Gasteiger partial charge in [0.1, 0.15) is 17.3 Å². The second kappa shape index (κ2) is 5.80. The van der Waals surface area contributed by atoms with Gasteiger partial charge in [0.25, 0.3) is 0 Å². The molecule has 6 heteroatoms. The summed E-state index contributed by atoms with van der Waals surface area (Å²) < 4.78 is 21.7. The first kappa shape index (κ1) is 15.3. The highest BCUT2D eigenvalue weighted by atomic mass is 19.1. The summed E-state index contributed by atoms with van der Waals surface area (Å²) in [5.74, 6) is 1.31. The number of nitrogens with zero attached hydrogens (tertiary/aromatic N) is 3. The molecule has 3 fully saturated rings. The maximum Gasteiger partial charge on any atom is 0.149 e. The number of halogens is 1. The molecule has 0 aliphatic heterocycles. The fraction of sp³-hybridized carbons (Fsp3) is 0.579. The van der Waals surface area contributed by atoms with E-state index in [1.54, 1.807) is 0 Å². The van der Waals surface area contributed by atoms with E-state index >= 15 is 0 Å². The lowest BCUT2D eigenvalue weighted by Gasteiger charge is -2.34. The monoisotopic (exact) mass is 342 g/mol. The van der Waals surface area contributed by atoms with E-state index in [1.165, 1.54) is 25.1 Å². The average molecular weight is 342 g/mol. The molecule has 132 valence electrons. The van der Waals surface area contributed by atoms with Crippen molar-refractivity contribution in [3.63, 3.8) is 0 Å². The Hall–Kier alpha value is -1.95. The Morgan fingerprint density at radius 1 is 1.24 bits per heavy atom. The summed E-state index contributed by atoms with van der Waals surface area (Å²) in [5.41, 5.74) is 8.59. The number of pyridine rings is 1. The summed E-state index contributed by atoms with van der Waals surface area (Å²) in [6.07, 6.45) is 10.1. The molecule has 0 unspecified atom stereocenters. The van der Waals surface area contributed by atoms with E-state index in [2.05, 4.69) is 15.9 Å². The normalized spacial score (nSPS) is 25.7. The van der Waals surface area contributed by atoms with E-state index in [1.807, 2.05) is 0 Å². The first-order valence-electron chi connectivity index (χ1n) is 9.33. The minimum absolute atomic E-state index is 0.207. The third-order valence-electron chi connectivity index (χ3n) is 5.54. The summed E-state index contributed by atoms with van der Waals surface area (Å²) in [6.45, 7) is 0.749. The van der Waals surface area contributed by atoms with Gasteiger partial charge in [-0.2, -0.15) is 5.10 Å². The van der Waals surface area contributed by atoms with Crippen molar-refractivity contribution in [3.8, 4) is 17.0 Å². The van der Waals surface area contributed by atoms with Crippen molar-refractivity contribution in [2.75, 3.05) is 6.54 Å². The van der Waals surface area contributed by atoms with Crippen LogP contribution < -0.4 is 10.5 Å². The standard InChI is InChI=1S/C19H23FN4O/c20-13-7-17(25-15-3-4-15)19(22-9-13)16-10-24(14-5-11(6-14)8-21)23-18(16)12-1-2-12/h7,9-12,14-15H,1-6,8,21H2/t11-,14-. The number of nitrogens with two attached hydrogens (primary N) is 1. The first-order chi connectivity index (χ1) is 12.2. The predicted molar refractivity (Wildman–Crippen MR) is 91.9 cm³/mol. The van der Waals surface area contributed by atoms with Gasteiger partial charge in [-0.15, -0.1) is 0 Å². The SMILES string of the molecule is NC[C@H]1C[C@H](n2cc(-c3ncc(F)cc3OC3CC3)c(C3CC3)n2)C1. The second-order valence-electron chi connectivity index (χ2n) is 7.73. The summed E-state index contributed by atoms with van der Waals surface area (Å²) in [5, 5.41) is 4.88. The first-order valence-corrected chi connectivity index (χ1v) is 9.33. The zero-order valence-corrected chi connectivity index (χ0v) is 14.2. The molecular weight excluding hydrogens is 319 g/mol. The lowest BCUT2D eigenvalue weighted by atomic mass is 9.80. The van der Waals surface area contributed by atoms with Gasteiger partial charge in [-0.1, -0.05) is 0 Å². The summed E-state index contributed by atoms with van der Waals surface area (Å²) >= 11 is 0. The zero-order valence-electron chi connectivity index (χ0n) is 14.2. The van der Waals surface area contributed by atoms with Crippen LogP contribution in [0.15, 0.2) is 18.5 Å². The van der Waals surface area contributed by atoms with Crippen LogP contribution in [0.25, 0.3) is 11.3 Å². The molecular formula is C19H23FN4O. The predicted octanol–water partition coefficient (Wildman–Crippen LogP) is 3.41. The van der Waals surface area contributed by atoms with Gasteiger partial charge in [0.2, 0.25) is 0 Å². The fourth-order valence-electron chi connectivity index (χ4n) is 3.62. The number of hydrogen-bond donors (Lipinski definition) is 1. The number of aromatic nitrogens is 3. The van der Waals surface area contributed by atoms with Gasteiger partial charge in [0.15, 0.2) is 0 Å². The van der Waals surface area contributed by atoms with Gasteiger partial charge in [-0.3, -0.25) is 4.68 Å². The van der Waals surface area contributed by atoms with Crippen molar-refractivity contribution in [3.05, 3.63) is 30.0 Å². The molecule has 3 aliphatic carbocycles. The van der Waals surface area contributed by atoms with Gasteiger partial charge < -0.3 is 10.5 Å². The molecule has 3 aliphatic rings. The summed E-state index contributed by atoms with van der Waals surface area (Å²) in [6, 6.07) is 1.88. The molecule has 0 saturated heterocycles. The Morgan fingerprint density at radius 2 is 2.04 bits per heavy atom. The molecule has 5 rings (SSSR count). The van der Waals surface area contributed by atoms with Crippen molar-refractivity contribution < 1.29 is 9.13 Å². The molecule has 2 N–H and O–H groups in total. The van der Waals surface area contributed by atoms with Crippen LogP contribution in [-0.2, 0) is 0 Å². The molecule has 3 saturated carbocycles. The Bertz CT molecular complexity index is 791. The minimum atomic E-state index is -0.357. The highest BCUT2D eigenvalue weighted by Crippen LogP contribution is 2.47. The quantitative estimate of drug-likeness (QED) is 0.874. The minimum Gasteiger partial charge on any atom is -0.488 e. The van der Waals surface area contributed by atoms with Crippen molar-refractivity contribution in [2.45, 2.75) is 56.6 Å². The van der Waals surface area contributed by atoms with Crippen LogP contribution in [0.2, 0.25) is 0 Å². The topological polar surface area (TPSA) is 66.0 Å². The molecule has 0 amide bonds. The Morgan fingerprint density at radius 3 is 2.72 bits per heavy atom. The van der Waals surface area contributed by atoms with Crippen molar-refractivity contribution in [1.82, 2.24) is 14.8 Å². The molecule has 2 heterocycles. The van der Waals surface area contributed by atoms with E-state index < -0.39 is 0 Å². The lowest BCUT2D eigenvalue weighted by molar-refractivity contribution is 0.189. The number of ether oxygens (including phenoxy) is 1. The van der Waals surface area contributed by atoms with Crippen LogP contribution in [-0.4, -0.2) is 27.4 Å². The van der Waals surface area contributed by atoms with Crippen LogP contribution >= 0.6 is 0 Å². The molecule has 2 aromatic rings. The maximum atomic E-state index is 13.7. The van der Waals surface area contributed by atoms with Gasteiger partial charge in [0, 0.05) is 23.7 Å². The Kier molecular flexibility index (Phi) is 3.55. The molecule has 0 atom stereocenters. The van der Waals surface area contributed by atoms with E-state index in [4.69, 9.17) is 15.6 Å². The van der Waals surface area contributed by atoms with Crippen LogP contribution in [0.1, 0.15) is 56.2 Å². The highest BCUT2D eigenvalue weighted by Gasteiger charge is 2.35.